The number of ether oxygens (including phenoxy) is 2. The van der Waals surface area contributed by atoms with E-state index in [1.165, 1.54) is 18.7 Å². The fourth-order valence-electron chi connectivity index (χ4n) is 2.99. The standard InChI is InChI=1S/C20H22FNO3/c1-24-19-8-6-14(11-17(19)21)7-9-20(23)22-12-15-10-16-4-2-3-5-18(16)25-13-15/h2-6,8,11,15H,7,9-10,12-13H2,1H3,(H,22,23). The number of fused-ring (bicyclic) bond motifs is 1. The molecule has 1 unspecified atom stereocenters. The average molecular weight is 343 g/mol. The molecule has 0 spiro atoms. The molecule has 1 heterocycles. The minimum atomic E-state index is -0.404. The van der Waals surface area contributed by atoms with Crippen LogP contribution in [0, 0.1) is 11.7 Å². The molecule has 1 N–H and O–H groups in total. The van der Waals surface area contributed by atoms with Gasteiger partial charge < -0.3 is 14.8 Å². The summed E-state index contributed by atoms with van der Waals surface area (Å²) in [7, 11) is 1.43. The Morgan fingerprint density at radius 3 is 2.96 bits per heavy atom. The summed E-state index contributed by atoms with van der Waals surface area (Å²) in [6.07, 6.45) is 1.73. The molecule has 0 radical (unpaired) electrons. The number of para-hydroxylation sites is 1. The van der Waals surface area contributed by atoms with E-state index >= 15 is 0 Å². The molecule has 3 rings (SSSR count). The summed E-state index contributed by atoms with van der Waals surface area (Å²) < 4.78 is 24.3. The number of nitrogens with one attached hydrogen (secondary N) is 1. The third-order valence-electron chi connectivity index (χ3n) is 4.40. The van der Waals surface area contributed by atoms with Crippen molar-refractivity contribution in [2.75, 3.05) is 20.3 Å². The number of rotatable bonds is 6. The van der Waals surface area contributed by atoms with Gasteiger partial charge in [-0.15, -0.1) is 0 Å². The van der Waals surface area contributed by atoms with Gasteiger partial charge >= 0.3 is 0 Å². The normalized spacial score (nSPS) is 15.8. The zero-order chi connectivity index (χ0) is 17.6. The lowest BCUT2D eigenvalue weighted by Crippen LogP contribution is -2.34. The van der Waals surface area contributed by atoms with E-state index in [-0.39, 0.29) is 17.6 Å². The molecular formula is C20H22FNO3. The Balaban J connectivity index is 1.44. The molecule has 25 heavy (non-hydrogen) atoms. The zero-order valence-corrected chi connectivity index (χ0v) is 14.3. The molecule has 1 aliphatic rings. The van der Waals surface area contributed by atoms with Gasteiger partial charge in [-0.1, -0.05) is 24.3 Å². The van der Waals surface area contributed by atoms with Crippen LogP contribution < -0.4 is 14.8 Å². The van der Waals surface area contributed by atoms with Crippen LogP contribution in [0.25, 0.3) is 0 Å². The van der Waals surface area contributed by atoms with Crippen molar-refractivity contribution >= 4 is 5.91 Å². The molecule has 2 aromatic rings. The highest BCUT2D eigenvalue weighted by Crippen LogP contribution is 2.26. The Morgan fingerprint density at radius 2 is 2.16 bits per heavy atom. The molecule has 0 fully saturated rings. The first kappa shape index (κ1) is 17.3. The van der Waals surface area contributed by atoms with Crippen LogP contribution in [0.5, 0.6) is 11.5 Å². The van der Waals surface area contributed by atoms with Crippen molar-refractivity contribution in [1.82, 2.24) is 5.32 Å². The second-order valence-electron chi connectivity index (χ2n) is 6.26. The Hall–Kier alpha value is -2.56. The SMILES string of the molecule is COc1ccc(CCC(=O)NCC2COc3ccccc3C2)cc1F. The van der Waals surface area contributed by atoms with Crippen molar-refractivity contribution in [3.05, 3.63) is 59.4 Å². The molecule has 5 heteroatoms. The van der Waals surface area contributed by atoms with Gasteiger partial charge in [0.25, 0.3) is 0 Å². The second kappa shape index (κ2) is 8.01. The van der Waals surface area contributed by atoms with Gasteiger partial charge in [-0.3, -0.25) is 4.79 Å². The van der Waals surface area contributed by atoms with Crippen LogP contribution in [0.3, 0.4) is 0 Å². The third kappa shape index (κ3) is 4.50. The first-order chi connectivity index (χ1) is 12.2. The summed E-state index contributed by atoms with van der Waals surface area (Å²) in [5.41, 5.74) is 1.96. The van der Waals surface area contributed by atoms with E-state index in [2.05, 4.69) is 11.4 Å². The van der Waals surface area contributed by atoms with E-state index in [0.717, 1.165) is 17.7 Å². The number of carbonyl (C=O) groups is 1. The number of benzene rings is 2. The van der Waals surface area contributed by atoms with Crippen molar-refractivity contribution in [2.45, 2.75) is 19.3 Å². The fraction of sp³-hybridized carbons (Fsp3) is 0.350. The van der Waals surface area contributed by atoms with Gasteiger partial charge in [-0.25, -0.2) is 4.39 Å². The lowest BCUT2D eigenvalue weighted by Gasteiger charge is -2.25. The van der Waals surface area contributed by atoms with Gasteiger partial charge in [0.2, 0.25) is 5.91 Å². The molecule has 1 atom stereocenters. The quantitative estimate of drug-likeness (QED) is 0.877. The van der Waals surface area contributed by atoms with E-state index in [1.807, 2.05) is 18.2 Å². The Kier molecular flexibility index (Phi) is 5.53. The number of aryl methyl sites for hydroxylation is 1. The Morgan fingerprint density at radius 1 is 1.32 bits per heavy atom. The molecule has 0 bridgehead atoms. The molecular weight excluding hydrogens is 321 g/mol. The van der Waals surface area contributed by atoms with E-state index in [0.29, 0.717) is 26.0 Å². The van der Waals surface area contributed by atoms with E-state index in [1.54, 1.807) is 12.1 Å². The highest BCUT2D eigenvalue weighted by Gasteiger charge is 2.19. The monoisotopic (exact) mass is 343 g/mol. The summed E-state index contributed by atoms with van der Waals surface area (Å²) in [4.78, 5) is 12.0. The van der Waals surface area contributed by atoms with Gasteiger partial charge in [0.15, 0.2) is 11.6 Å². The summed E-state index contributed by atoms with van der Waals surface area (Å²) in [6, 6.07) is 12.8. The predicted octanol–water partition coefficient (Wildman–Crippen LogP) is 3.13. The molecule has 0 aliphatic carbocycles. The van der Waals surface area contributed by atoms with E-state index < -0.39 is 5.82 Å². The van der Waals surface area contributed by atoms with Crippen LogP contribution in [-0.4, -0.2) is 26.2 Å². The van der Waals surface area contributed by atoms with Gasteiger partial charge in [-0.2, -0.15) is 0 Å². The lowest BCUT2D eigenvalue weighted by atomic mass is 9.96. The van der Waals surface area contributed by atoms with Crippen LogP contribution in [0.15, 0.2) is 42.5 Å². The van der Waals surface area contributed by atoms with Crippen LogP contribution in [0.4, 0.5) is 4.39 Å². The molecule has 1 aliphatic heterocycles. The average Bonchev–Trinajstić information content (AvgIpc) is 2.64. The molecule has 2 aromatic carbocycles. The molecule has 132 valence electrons. The molecule has 0 saturated carbocycles. The smallest absolute Gasteiger partial charge is 0.220 e. The highest BCUT2D eigenvalue weighted by atomic mass is 19.1. The number of hydrogen-bond acceptors (Lipinski definition) is 3. The largest absolute Gasteiger partial charge is 0.494 e. The van der Waals surface area contributed by atoms with Gasteiger partial charge in [0.05, 0.1) is 13.7 Å². The van der Waals surface area contributed by atoms with Crippen molar-refractivity contribution < 1.29 is 18.7 Å². The number of methoxy groups -OCH3 is 1. The van der Waals surface area contributed by atoms with E-state index in [4.69, 9.17) is 9.47 Å². The molecule has 1 amide bonds. The number of amides is 1. The predicted molar refractivity (Wildman–Crippen MR) is 93.4 cm³/mol. The van der Waals surface area contributed by atoms with Crippen LogP contribution >= 0.6 is 0 Å². The molecule has 0 saturated heterocycles. The third-order valence-corrected chi connectivity index (χ3v) is 4.40. The van der Waals surface area contributed by atoms with Crippen LogP contribution in [0.2, 0.25) is 0 Å². The molecule has 4 nitrogen and oxygen atoms in total. The van der Waals surface area contributed by atoms with Crippen molar-refractivity contribution in [1.29, 1.82) is 0 Å². The highest BCUT2D eigenvalue weighted by molar-refractivity contribution is 5.76. The maximum absolute atomic E-state index is 13.6. The first-order valence-electron chi connectivity index (χ1n) is 8.45. The lowest BCUT2D eigenvalue weighted by molar-refractivity contribution is -0.121. The molecule has 0 aromatic heterocycles. The van der Waals surface area contributed by atoms with Crippen molar-refractivity contribution in [3.63, 3.8) is 0 Å². The minimum absolute atomic E-state index is 0.0323. The van der Waals surface area contributed by atoms with Crippen LogP contribution in [-0.2, 0) is 17.6 Å². The van der Waals surface area contributed by atoms with Crippen LogP contribution in [0.1, 0.15) is 17.5 Å². The first-order valence-corrected chi connectivity index (χ1v) is 8.45. The number of carbonyl (C=O) groups excluding carboxylic acids is 1. The summed E-state index contributed by atoms with van der Waals surface area (Å²) in [5, 5.41) is 2.95. The zero-order valence-electron chi connectivity index (χ0n) is 14.3. The van der Waals surface area contributed by atoms with E-state index in [9.17, 15) is 9.18 Å². The van der Waals surface area contributed by atoms with Gasteiger partial charge in [0.1, 0.15) is 5.75 Å². The fourth-order valence-corrected chi connectivity index (χ4v) is 2.99. The van der Waals surface area contributed by atoms with Gasteiger partial charge in [-0.05, 0) is 42.2 Å². The Labute approximate surface area is 147 Å². The van der Waals surface area contributed by atoms with Crippen molar-refractivity contribution in [2.24, 2.45) is 5.92 Å². The summed E-state index contributed by atoms with van der Waals surface area (Å²) in [6.45, 7) is 1.20. The second-order valence-corrected chi connectivity index (χ2v) is 6.26. The summed E-state index contributed by atoms with van der Waals surface area (Å²) >= 11 is 0. The number of halogens is 1. The maximum Gasteiger partial charge on any atom is 0.220 e. The topological polar surface area (TPSA) is 47.6 Å². The van der Waals surface area contributed by atoms with Gasteiger partial charge in [0, 0.05) is 18.9 Å². The summed E-state index contributed by atoms with van der Waals surface area (Å²) in [5.74, 6) is 0.989. The van der Waals surface area contributed by atoms with Crippen molar-refractivity contribution in [3.8, 4) is 11.5 Å². The minimum Gasteiger partial charge on any atom is -0.494 e. The Bertz CT molecular complexity index is 747. The maximum atomic E-state index is 13.6. The number of hydrogen-bond donors (Lipinski definition) is 1.